The Morgan fingerprint density at radius 3 is 3.11 bits per heavy atom. The monoisotopic (exact) mass is 245 g/mol. The van der Waals surface area contributed by atoms with Crippen LogP contribution in [-0.4, -0.2) is 43.1 Å². The van der Waals surface area contributed by atoms with Crippen molar-refractivity contribution in [3.8, 4) is 0 Å². The predicted molar refractivity (Wildman–Crippen MR) is 71.6 cm³/mol. The van der Waals surface area contributed by atoms with Gasteiger partial charge in [0.05, 0.1) is 0 Å². The van der Waals surface area contributed by atoms with E-state index in [1.54, 1.807) is 0 Å². The van der Waals surface area contributed by atoms with Crippen molar-refractivity contribution in [2.45, 2.75) is 6.42 Å². The number of nitrogens with one attached hydrogen (secondary N) is 1. The molecule has 1 fully saturated rings. The molecule has 1 N–H and O–H groups in total. The molecule has 4 heteroatoms. The minimum absolute atomic E-state index is 0.840. The third-order valence-corrected chi connectivity index (χ3v) is 3.61. The van der Waals surface area contributed by atoms with E-state index in [1.165, 1.54) is 31.6 Å². The molecule has 4 nitrogen and oxygen atoms in total. The van der Waals surface area contributed by atoms with Crippen LogP contribution in [0.3, 0.4) is 0 Å². The number of fused-ring (bicyclic) bond motifs is 1. The van der Waals surface area contributed by atoms with E-state index in [0.717, 1.165) is 30.0 Å². The molecule has 2 heterocycles. The smallest absolute Gasteiger partial charge is 0.181 e. The Balaban J connectivity index is 1.54. The van der Waals surface area contributed by atoms with Crippen LogP contribution in [0.5, 0.6) is 0 Å². The van der Waals surface area contributed by atoms with Gasteiger partial charge in [-0.3, -0.25) is 0 Å². The summed E-state index contributed by atoms with van der Waals surface area (Å²) in [5.74, 6) is 0.840. The molecule has 0 aliphatic carbocycles. The van der Waals surface area contributed by atoms with Gasteiger partial charge in [0.25, 0.3) is 0 Å². The first kappa shape index (κ1) is 11.7. The lowest BCUT2D eigenvalue weighted by Crippen LogP contribution is -2.47. The lowest BCUT2D eigenvalue weighted by atomic mass is 10.0. The van der Waals surface area contributed by atoms with Gasteiger partial charge < -0.3 is 14.6 Å². The molecular weight excluding hydrogens is 226 g/mol. The van der Waals surface area contributed by atoms with Crippen molar-refractivity contribution < 1.29 is 4.42 Å². The number of hydrogen-bond acceptors (Lipinski definition) is 4. The summed E-state index contributed by atoms with van der Waals surface area (Å²) in [6, 6.07) is 6.27. The third-order valence-electron chi connectivity index (χ3n) is 3.61. The van der Waals surface area contributed by atoms with E-state index in [0.29, 0.717) is 0 Å². The summed E-state index contributed by atoms with van der Waals surface area (Å²) in [5, 5.41) is 3.31. The van der Waals surface area contributed by atoms with E-state index in [-0.39, 0.29) is 0 Å². The van der Waals surface area contributed by atoms with E-state index in [2.05, 4.69) is 34.4 Å². The largest absolute Gasteiger partial charge is 0.443 e. The van der Waals surface area contributed by atoms with Crippen LogP contribution in [0, 0.1) is 5.92 Å². The Bertz CT molecular complexity index is 518. The molecule has 1 saturated heterocycles. The van der Waals surface area contributed by atoms with Crippen LogP contribution >= 0.6 is 0 Å². The van der Waals surface area contributed by atoms with Crippen LogP contribution in [0.2, 0.25) is 0 Å². The molecule has 0 atom stereocenters. The highest BCUT2D eigenvalue weighted by atomic mass is 16.3. The van der Waals surface area contributed by atoms with Crippen LogP contribution in [0.4, 0.5) is 0 Å². The van der Waals surface area contributed by atoms with Gasteiger partial charge in [-0.2, -0.15) is 0 Å². The fourth-order valence-corrected chi connectivity index (χ4v) is 2.38. The van der Waals surface area contributed by atoms with Gasteiger partial charge in [0.1, 0.15) is 5.52 Å². The fourth-order valence-electron chi connectivity index (χ4n) is 2.38. The SMILES string of the molecule is CN(CCc1ccc2ncoc2c1)CC1CNC1. The van der Waals surface area contributed by atoms with Crippen LogP contribution in [0.25, 0.3) is 11.1 Å². The number of likely N-dealkylation sites (N-methyl/N-ethyl adjacent to an activating group) is 1. The molecule has 3 rings (SSSR count). The zero-order valence-electron chi connectivity index (χ0n) is 10.7. The topological polar surface area (TPSA) is 41.3 Å². The minimum Gasteiger partial charge on any atom is -0.443 e. The average Bonchev–Trinajstić information content (AvgIpc) is 2.78. The van der Waals surface area contributed by atoms with Crippen molar-refractivity contribution in [3.05, 3.63) is 30.2 Å². The van der Waals surface area contributed by atoms with Crippen LogP contribution in [0.1, 0.15) is 5.56 Å². The Morgan fingerprint density at radius 2 is 2.33 bits per heavy atom. The highest BCUT2D eigenvalue weighted by Crippen LogP contribution is 2.15. The standard InChI is InChI=1S/C14H19N3O/c1-17(9-12-7-15-8-12)5-4-11-2-3-13-14(6-11)18-10-16-13/h2-3,6,10,12,15H,4-5,7-9H2,1H3. The second-order valence-corrected chi connectivity index (χ2v) is 5.19. The quantitative estimate of drug-likeness (QED) is 0.867. The number of hydrogen-bond donors (Lipinski definition) is 1. The van der Waals surface area contributed by atoms with Gasteiger partial charge in [0.2, 0.25) is 0 Å². The van der Waals surface area contributed by atoms with Gasteiger partial charge >= 0.3 is 0 Å². The zero-order valence-corrected chi connectivity index (χ0v) is 10.7. The molecule has 1 aromatic carbocycles. The molecule has 0 radical (unpaired) electrons. The predicted octanol–water partition coefficient (Wildman–Crippen LogP) is 1.52. The lowest BCUT2D eigenvalue weighted by molar-refractivity contribution is 0.226. The maximum atomic E-state index is 5.32. The first-order chi connectivity index (χ1) is 8.81. The molecule has 0 spiro atoms. The molecule has 18 heavy (non-hydrogen) atoms. The van der Waals surface area contributed by atoms with E-state index < -0.39 is 0 Å². The molecular formula is C14H19N3O. The molecule has 2 aromatic rings. The van der Waals surface area contributed by atoms with Crippen LogP contribution in [-0.2, 0) is 6.42 Å². The summed E-state index contributed by atoms with van der Waals surface area (Å²) in [4.78, 5) is 6.54. The van der Waals surface area contributed by atoms with Gasteiger partial charge in [-0.25, -0.2) is 4.98 Å². The summed E-state index contributed by atoms with van der Waals surface area (Å²) in [7, 11) is 2.20. The molecule has 1 aliphatic heterocycles. The molecule has 0 bridgehead atoms. The Hall–Kier alpha value is -1.39. The Kier molecular flexibility index (Phi) is 3.30. The van der Waals surface area contributed by atoms with Crippen LogP contribution in [0.15, 0.2) is 29.0 Å². The molecule has 1 aliphatic rings. The molecule has 1 aromatic heterocycles. The second-order valence-electron chi connectivity index (χ2n) is 5.19. The normalized spacial score (nSPS) is 16.3. The van der Waals surface area contributed by atoms with Crippen molar-refractivity contribution in [3.63, 3.8) is 0 Å². The number of nitrogens with zero attached hydrogens (tertiary/aromatic N) is 2. The summed E-state index contributed by atoms with van der Waals surface area (Å²) in [6.07, 6.45) is 2.57. The van der Waals surface area contributed by atoms with Gasteiger partial charge in [0.15, 0.2) is 12.0 Å². The minimum atomic E-state index is 0.840. The van der Waals surface area contributed by atoms with Gasteiger partial charge in [-0.05, 0) is 37.1 Å². The molecule has 0 amide bonds. The zero-order chi connectivity index (χ0) is 12.4. The summed E-state index contributed by atoms with van der Waals surface area (Å²) in [6.45, 7) is 4.64. The highest BCUT2D eigenvalue weighted by Gasteiger charge is 2.18. The van der Waals surface area contributed by atoms with Crippen molar-refractivity contribution in [1.82, 2.24) is 15.2 Å². The van der Waals surface area contributed by atoms with Crippen molar-refractivity contribution in [1.29, 1.82) is 0 Å². The summed E-state index contributed by atoms with van der Waals surface area (Å²) < 4.78 is 5.32. The van der Waals surface area contributed by atoms with Crippen LogP contribution < -0.4 is 5.32 Å². The number of aromatic nitrogens is 1. The van der Waals surface area contributed by atoms with Crippen molar-refractivity contribution in [2.24, 2.45) is 5.92 Å². The van der Waals surface area contributed by atoms with Gasteiger partial charge in [-0.15, -0.1) is 0 Å². The maximum Gasteiger partial charge on any atom is 0.181 e. The van der Waals surface area contributed by atoms with E-state index >= 15 is 0 Å². The first-order valence-corrected chi connectivity index (χ1v) is 6.52. The average molecular weight is 245 g/mol. The molecule has 96 valence electrons. The summed E-state index contributed by atoms with van der Waals surface area (Å²) in [5.41, 5.74) is 3.14. The number of benzene rings is 1. The van der Waals surface area contributed by atoms with E-state index in [1.807, 2.05) is 6.07 Å². The highest BCUT2D eigenvalue weighted by molar-refractivity contribution is 5.72. The van der Waals surface area contributed by atoms with Gasteiger partial charge in [0, 0.05) is 26.2 Å². The summed E-state index contributed by atoms with van der Waals surface area (Å²) >= 11 is 0. The van der Waals surface area contributed by atoms with E-state index in [4.69, 9.17) is 4.42 Å². The molecule has 0 unspecified atom stereocenters. The third kappa shape index (κ3) is 2.54. The Morgan fingerprint density at radius 1 is 1.44 bits per heavy atom. The van der Waals surface area contributed by atoms with Crippen molar-refractivity contribution in [2.75, 3.05) is 33.2 Å². The van der Waals surface area contributed by atoms with E-state index in [9.17, 15) is 0 Å². The van der Waals surface area contributed by atoms with Crippen molar-refractivity contribution >= 4 is 11.1 Å². The number of rotatable bonds is 5. The number of oxazole rings is 1. The van der Waals surface area contributed by atoms with Gasteiger partial charge in [-0.1, -0.05) is 6.07 Å². The fraction of sp³-hybridized carbons (Fsp3) is 0.500. The Labute approximate surface area is 107 Å². The lowest BCUT2D eigenvalue weighted by Gasteiger charge is -2.31. The first-order valence-electron chi connectivity index (χ1n) is 6.52. The maximum absolute atomic E-state index is 5.32. The molecule has 0 saturated carbocycles. The second kappa shape index (κ2) is 5.08.